The molecule has 1 amide bonds. The first-order chi connectivity index (χ1) is 14.1. The SMILES string of the molecule is O=C(OCCN(C(=O)c1ccncc1)c1ccccc1)c1ccc([N+](=O)[O-])cc1. The number of nitro benzene ring substituents is 1. The highest BCUT2D eigenvalue weighted by molar-refractivity contribution is 6.06. The van der Waals surface area contributed by atoms with Gasteiger partial charge in [-0.2, -0.15) is 0 Å². The van der Waals surface area contributed by atoms with E-state index in [0.29, 0.717) is 11.3 Å². The third-order valence-electron chi connectivity index (χ3n) is 4.10. The number of rotatable bonds is 7. The van der Waals surface area contributed by atoms with Gasteiger partial charge in [0, 0.05) is 35.8 Å². The van der Waals surface area contributed by atoms with Gasteiger partial charge in [-0.3, -0.25) is 19.9 Å². The Labute approximate surface area is 166 Å². The van der Waals surface area contributed by atoms with Crippen LogP contribution in [-0.4, -0.2) is 34.9 Å². The number of amides is 1. The number of nitro groups is 1. The predicted octanol–water partition coefficient (Wildman–Crippen LogP) is 3.49. The van der Waals surface area contributed by atoms with Gasteiger partial charge in [0.25, 0.3) is 11.6 Å². The summed E-state index contributed by atoms with van der Waals surface area (Å²) < 4.78 is 5.25. The molecule has 3 rings (SSSR count). The molecule has 0 N–H and O–H groups in total. The molecular formula is C21H17N3O5. The number of para-hydroxylation sites is 1. The molecule has 0 saturated carbocycles. The van der Waals surface area contributed by atoms with Crippen molar-refractivity contribution >= 4 is 23.3 Å². The maximum atomic E-state index is 12.9. The van der Waals surface area contributed by atoms with Crippen LogP contribution in [0.3, 0.4) is 0 Å². The Bertz CT molecular complexity index is 992. The number of non-ortho nitro benzene ring substituents is 1. The zero-order valence-electron chi connectivity index (χ0n) is 15.3. The van der Waals surface area contributed by atoms with Crippen LogP contribution in [0.25, 0.3) is 0 Å². The number of hydrogen-bond acceptors (Lipinski definition) is 6. The van der Waals surface area contributed by atoms with Crippen molar-refractivity contribution in [2.24, 2.45) is 0 Å². The van der Waals surface area contributed by atoms with Crippen LogP contribution in [-0.2, 0) is 4.74 Å². The number of hydrogen-bond donors (Lipinski definition) is 0. The topological polar surface area (TPSA) is 103 Å². The Balaban J connectivity index is 1.68. The molecule has 0 atom stereocenters. The van der Waals surface area contributed by atoms with Crippen LogP contribution in [0.4, 0.5) is 11.4 Å². The van der Waals surface area contributed by atoms with Gasteiger partial charge in [0.15, 0.2) is 0 Å². The number of aromatic nitrogens is 1. The molecule has 1 heterocycles. The van der Waals surface area contributed by atoms with Crippen LogP contribution in [0, 0.1) is 10.1 Å². The minimum Gasteiger partial charge on any atom is -0.460 e. The van der Waals surface area contributed by atoms with Gasteiger partial charge in [0.1, 0.15) is 6.61 Å². The van der Waals surface area contributed by atoms with Crippen molar-refractivity contribution in [3.63, 3.8) is 0 Å². The predicted molar refractivity (Wildman–Crippen MR) is 106 cm³/mol. The fourth-order valence-corrected chi connectivity index (χ4v) is 2.64. The van der Waals surface area contributed by atoms with Crippen molar-refractivity contribution in [3.05, 3.63) is 100 Å². The molecule has 2 aromatic carbocycles. The van der Waals surface area contributed by atoms with E-state index in [2.05, 4.69) is 4.98 Å². The summed E-state index contributed by atoms with van der Waals surface area (Å²) >= 11 is 0. The highest BCUT2D eigenvalue weighted by Crippen LogP contribution is 2.17. The highest BCUT2D eigenvalue weighted by atomic mass is 16.6. The number of carbonyl (C=O) groups is 2. The molecule has 0 aliphatic rings. The summed E-state index contributed by atoms with van der Waals surface area (Å²) in [5, 5.41) is 10.7. The van der Waals surface area contributed by atoms with Gasteiger partial charge < -0.3 is 9.64 Å². The molecule has 0 spiro atoms. The largest absolute Gasteiger partial charge is 0.460 e. The van der Waals surface area contributed by atoms with E-state index >= 15 is 0 Å². The third kappa shape index (κ3) is 5.01. The lowest BCUT2D eigenvalue weighted by Gasteiger charge is -2.22. The number of pyridine rings is 1. The molecule has 0 aliphatic heterocycles. The first-order valence-corrected chi connectivity index (χ1v) is 8.75. The van der Waals surface area contributed by atoms with Crippen LogP contribution < -0.4 is 4.90 Å². The smallest absolute Gasteiger partial charge is 0.338 e. The summed E-state index contributed by atoms with van der Waals surface area (Å²) in [5.74, 6) is -0.866. The Kier molecular flexibility index (Phi) is 6.26. The molecule has 0 fully saturated rings. The fourth-order valence-electron chi connectivity index (χ4n) is 2.64. The van der Waals surface area contributed by atoms with Gasteiger partial charge >= 0.3 is 5.97 Å². The monoisotopic (exact) mass is 391 g/mol. The molecule has 8 heteroatoms. The van der Waals surface area contributed by atoms with Crippen molar-refractivity contribution < 1.29 is 19.2 Å². The van der Waals surface area contributed by atoms with E-state index in [4.69, 9.17) is 4.74 Å². The average Bonchev–Trinajstić information content (AvgIpc) is 2.77. The Morgan fingerprint density at radius 2 is 1.59 bits per heavy atom. The van der Waals surface area contributed by atoms with Gasteiger partial charge in [-0.1, -0.05) is 18.2 Å². The molecular weight excluding hydrogens is 374 g/mol. The molecule has 0 radical (unpaired) electrons. The second-order valence-corrected chi connectivity index (χ2v) is 5.97. The Hall–Kier alpha value is -4.07. The van der Waals surface area contributed by atoms with Crippen molar-refractivity contribution in [2.45, 2.75) is 0 Å². The molecule has 8 nitrogen and oxygen atoms in total. The number of anilines is 1. The highest BCUT2D eigenvalue weighted by Gasteiger charge is 2.18. The molecule has 3 aromatic rings. The fraction of sp³-hybridized carbons (Fsp3) is 0.0952. The van der Waals surface area contributed by atoms with E-state index in [0.717, 1.165) is 0 Å². The van der Waals surface area contributed by atoms with Crippen LogP contribution in [0.5, 0.6) is 0 Å². The maximum Gasteiger partial charge on any atom is 0.338 e. The van der Waals surface area contributed by atoms with Gasteiger partial charge in [-0.05, 0) is 36.4 Å². The number of nitrogens with zero attached hydrogens (tertiary/aromatic N) is 3. The molecule has 146 valence electrons. The molecule has 0 unspecified atom stereocenters. The second-order valence-electron chi connectivity index (χ2n) is 5.97. The third-order valence-corrected chi connectivity index (χ3v) is 4.10. The summed E-state index contributed by atoms with van der Waals surface area (Å²) in [6, 6.07) is 17.4. The summed E-state index contributed by atoms with van der Waals surface area (Å²) in [6.07, 6.45) is 3.07. The standard InChI is InChI=1S/C21H17N3O5/c25-20(16-10-12-22-13-11-16)23(18-4-2-1-3-5-18)14-15-29-21(26)17-6-8-19(9-7-17)24(27)28/h1-13H,14-15H2. The van der Waals surface area contributed by atoms with Crippen molar-refractivity contribution in [1.82, 2.24) is 4.98 Å². The van der Waals surface area contributed by atoms with E-state index in [1.54, 1.807) is 24.3 Å². The zero-order valence-corrected chi connectivity index (χ0v) is 15.3. The van der Waals surface area contributed by atoms with Crippen LogP contribution in [0.2, 0.25) is 0 Å². The van der Waals surface area contributed by atoms with Gasteiger partial charge in [0.05, 0.1) is 17.0 Å². The number of esters is 1. The van der Waals surface area contributed by atoms with E-state index in [-0.39, 0.29) is 30.3 Å². The van der Waals surface area contributed by atoms with E-state index in [9.17, 15) is 19.7 Å². The summed E-state index contributed by atoms with van der Waals surface area (Å²) in [5.41, 5.74) is 1.22. The first-order valence-electron chi connectivity index (χ1n) is 8.75. The maximum absolute atomic E-state index is 12.9. The molecule has 29 heavy (non-hydrogen) atoms. The lowest BCUT2D eigenvalue weighted by molar-refractivity contribution is -0.384. The van der Waals surface area contributed by atoms with Crippen molar-refractivity contribution in [2.75, 3.05) is 18.1 Å². The minimum atomic E-state index is -0.621. The molecule has 1 aromatic heterocycles. The molecule has 0 aliphatic carbocycles. The number of ether oxygens (including phenoxy) is 1. The van der Waals surface area contributed by atoms with Crippen LogP contribution in [0.1, 0.15) is 20.7 Å². The number of carbonyl (C=O) groups excluding carboxylic acids is 2. The summed E-state index contributed by atoms with van der Waals surface area (Å²) in [7, 11) is 0. The number of benzene rings is 2. The van der Waals surface area contributed by atoms with Crippen LogP contribution >= 0.6 is 0 Å². The lowest BCUT2D eigenvalue weighted by atomic mass is 10.2. The van der Waals surface area contributed by atoms with E-state index < -0.39 is 10.9 Å². The van der Waals surface area contributed by atoms with Gasteiger partial charge in [-0.15, -0.1) is 0 Å². The molecule has 0 saturated heterocycles. The van der Waals surface area contributed by atoms with Crippen LogP contribution in [0.15, 0.2) is 79.1 Å². The van der Waals surface area contributed by atoms with Crippen molar-refractivity contribution in [1.29, 1.82) is 0 Å². The van der Waals surface area contributed by atoms with E-state index in [1.807, 2.05) is 18.2 Å². The lowest BCUT2D eigenvalue weighted by Crippen LogP contribution is -2.34. The van der Waals surface area contributed by atoms with Crippen molar-refractivity contribution in [3.8, 4) is 0 Å². The average molecular weight is 391 g/mol. The Morgan fingerprint density at radius 1 is 0.931 bits per heavy atom. The van der Waals surface area contributed by atoms with Gasteiger partial charge in [0.2, 0.25) is 0 Å². The normalized spacial score (nSPS) is 10.2. The van der Waals surface area contributed by atoms with Gasteiger partial charge in [-0.25, -0.2) is 4.79 Å². The minimum absolute atomic E-state index is 0.0401. The Morgan fingerprint density at radius 3 is 2.21 bits per heavy atom. The quantitative estimate of drug-likeness (QED) is 0.347. The summed E-state index contributed by atoms with van der Waals surface area (Å²) in [4.78, 5) is 40.6. The first kappa shape index (κ1) is 19.7. The zero-order chi connectivity index (χ0) is 20.6. The molecule has 0 bridgehead atoms. The van der Waals surface area contributed by atoms with E-state index in [1.165, 1.54) is 41.6 Å². The second kappa shape index (κ2) is 9.23. The summed E-state index contributed by atoms with van der Waals surface area (Å²) in [6.45, 7) is 0.103.